The molecular formula is C34H40ClN3O5S. The summed E-state index contributed by atoms with van der Waals surface area (Å²) in [6.07, 6.45) is 4.55. The number of hydrogen-bond donors (Lipinski definition) is 1. The standard InChI is InChI=1S/C34H40ClN3O5S/c35-29-15-10-28(11-16-29)25-38(32(23-27-7-2-1-3-8-27)34(40)36-24-30-9-6-22-43-30)33(39)19-14-26-12-17-31(18-13-26)44(41,42)37-20-4-5-21-37/h1-3,7-8,10-13,15-18,30,32H,4-6,9,14,19-25H2,(H,36,40)/t30-,32+/m1/s1. The SMILES string of the molecule is O=C(NC[C@H]1CCCO1)[C@H](Cc1ccccc1)N(Cc1ccc(Cl)cc1)C(=O)CCc1ccc(S(=O)(=O)N2CCCC2)cc1. The van der Waals surface area contributed by atoms with Crippen molar-refractivity contribution in [1.29, 1.82) is 0 Å². The summed E-state index contributed by atoms with van der Waals surface area (Å²) in [4.78, 5) is 29.7. The fraction of sp³-hybridized carbons (Fsp3) is 0.412. The van der Waals surface area contributed by atoms with Crippen molar-refractivity contribution in [2.24, 2.45) is 0 Å². The zero-order chi connectivity index (χ0) is 30.9. The summed E-state index contributed by atoms with van der Waals surface area (Å²) in [5.41, 5.74) is 2.67. The molecule has 2 aliphatic heterocycles. The second-order valence-electron chi connectivity index (χ2n) is 11.5. The van der Waals surface area contributed by atoms with Gasteiger partial charge in [-0.05, 0) is 73.1 Å². The molecule has 10 heteroatoms. The predicted octanol–water partition coefficient (Wildman–Crippen LogP) is 4.99. The van der Waals surface area contributed by atoms with Gasteiger partial charge in [-0.25, -0.2) is 8.42 Å². The van der Waals surface area contributed by atoms with Gasteiger partial charge in [-0.1, -0.05) is 66.2 Å². The third kappa shape index (κ3) is 8.47. The fourth-order valence-electron chi connectivity index (χ4n) is 5.78. The lowest BCUT2D eigenvalue weighted by molar-refractivity contribution is -0.141. The van der Waals surface area contributed by atoms with Gasteiger partial charge in [0, 0.05) is 50.7 Å². The topological polar surface area (TPSA) is 96.0 Å². The average Bonchev–Trinajstić information content (AvgIpc) is 3.78. The van der Waals surface area contributed by atoms with E-state index >= 15 is 0 Å². The van der Waals surface area contributed by atoms with E-state index in [0.717, 1.165) is 42.4 Å². The van der Waals surface area contributed by atoms with Gasteiger partial charge >= 0.3 is 0 Å². The van der Waals surface area contributed by atoms with E-state index in [1.54, 1.807) is 41.3 Å². The van der Waals surface area contributed by atoms with Gasteiger partial charge in [-0.15, -0.1) is 0 Å². The summed E-state index contributed by atoms with van der Waals surface area (Å²) in [6, 6.07) is 23.0. The first-order valence-corrected chi connectivity index (χ1v) is 17.2. The third-order valence-electron chi connectivity index (χ3n) is 8.32. The van der Waals surface area contributed by atoms with Gasteiger partial charge in [0.15, 0.2) is 0 Å². The number of halogens is 1. The van der Waals surface area contributed by atoms with Crippen molar-refractivity contribution < 1.29 is 22.7 Å². The molecule has 1 N–H and O–H groups in total. The molecule has 0 aliphatic carbocycles. The van der Waals surface area contributed by atoms with Gasteiger partial charge in [-0.2, -0.15) is 4.31 Å². The minimum atomic E-state index is -3.50. The second kappa shape index (κ2) is 15.2. The van der Waals surface area contributed by atoms with Crippen LogP contribution in [0.2, 0.25) is 5.02 Å². The Bertz CT molecular complexity index is 1490. The molecule has 234 valence electrons. The molecular weight excluding hydrogens is 598 g/mol. The minimum absolute atomic E-state index is 0.0194. The largest absolute Gasteiger partial charge is 0.376 e. The summed E-state index contributed by atoms with van der Waals surface area (Å²) in [5.74, 6) is -0.384. The minimum Gasteiger partial charge on any atom is -0.376 e. The maximum atomic E-state index is 14.0. The number of amides is 2. The number of rotatable bonds is 13. The highest BCUT2D eigenvalue weighted by Crippen LogP contribution is 2.23. The molecule has 2 saturated heterocycles. The van der Waals surface area contributed by atoms with Crippen molar-refractivity contribution >= 4 is 33.4 Å². The van der Waals surface area contributed by atoms with E-state index in [-0.39, 0.29) is 35.8 Å². The van der Waals surface area contributed by atoms with Crippen LogP contribution < -0.4 is 5.32 Å². The number of hydrogen-bond acceptors (Lipinski definition) is 5. The van der Waals surface area contributed by atoms with Crippen LogP contribution in [0.4, 0.5) is 0 Å². The monoisotopic (exact) mass is 637 g/mol. The predicted molar refractivity (Wildman–Crippen MR) is 171 cm³/mol. The molecule has 0 bridgehead atoms. The molecule has 5 rings (SSSR count). The lowest BCUT2D eigenvalue weighted by atomic mass is 10.0. The fourth-order valence-corrected chi connectivity index (χ4v) is 7.42. The van der Waals surface area contributed by atoms with E-state index in [4.69, 9.17) is 16.3 Å². The van der Waals surface area contributed by atoms with E-state index in [2.05, 4.69) is 5.32 Å². The number of carbonyl (C=O) groups is 2. The molecule has 0 aromatic heterocycles. The molecule has 2 fully saturated rings. The zero-order valence-corrected chi connectivity index (χ0v) is 26.4. The summed E-state index contributed by atoms with van der Waals surface area (Å²) < 4.78 is 33.1. The van der Waals surface area contributed by atoms with Crippen LogP contribution in [0, 0.1) is 0 Å². The number of ether oxygens (including phenoxy) is 1. The lowest BCUT2D eigenvalue weighted by Crippen LogP contribution is -2.51. The van der Waals surface area contributed by atoms with Crippen LogP contribution in [0.1, 0.15) is 48.8 Å². The van der Waals surface area contributed by atoms with Gasteiger partial charge in [0.05, 0.1) is 11.0 Å². The van der Waals surface area contributed by atoms with Crippen molar-refractivity contribution in [2.45, 2.75) is 68.5 Å². The molecule has 2 aliphatic rings. The van der Waals surface area contributed by atoms with Gasteiger partial charge in [0.25, 0.3) is 0 Å². The molecule has 44 heavy (non-hydrogen) atoms. The summed E-state index contributed by atoms with van der Waals surface area (Å²) >= 11 is 6.13. The van der Waals surface area contributed by atoms with Crippen LogP contribution in [-0.4, -0.2) is 67.8 Å². The highest BCUT2D eigenvalue weighted by molar-refractivity contribution is 7.89. The first kappa shape index (κ1) is 32.2. The lowest BCUT2D eigenvalue weighted by Gasteiger charge is -2.32. The molecule has 2 atom stereocenters. The Morgan fingerprint density at radius 3 is 2.25 bits per heavy atom. The maximum Gasteiger partial charge on any atom is 0.243 e. The zero-order valence-electron chi connectivity index (χ0n) is 24.9. The number of benzene rings is 3. The molecule has 0 unspecified atom stereocenters. The number of carbonyl (C=O) groups excluding carboxylic acids is 2. The Morgan fingerprint density at radius 1 is 0.909 bits per heavy atom. The van der Waals surface area contributed by atoms with Crippen LogP contribution in [0.15, 0.2) is 83.8 Å². The molecule has 2 heterocycles. The van der Waals surface area contributed by atoms with Gasteiger partial charge in [0.2, 0.25) is 21.8 Å². The average molecular weight is 638 g/mol. The number of sulfonamides is 1. The van der Waals surface area contributed by atoms with Crippen molar-refractivity contribution in [1.82, 2.24) is 14.5 Å². The number of nitrogens with one attached hydrogen (secondary N) is 1. The van der Waals surface area contributed by atoms with Gasteiger partial charge in [-0.3, -0.25) is 9.59 Å². The van der Waals surface area contributed by atoms with Crippen molar-refractivity contribution in [3.8, 4) is 0 Å². The normalized spacial score (nSPS) is 17.8. The van der Waals surface area contributed by atoms with Gasteiger partial charge in [0.1, 0.15) is 6.04 Å². The Balaban J connectivity index is 1.34. The smallest absolute Gasteiger partial charge is 0.243 e. The van der Waals surface area contributed by atoms with E-state index in [0.29, 0.717) is 44.1 Å². The highest BCUT2D eigenvalue weighted by Gasteiger charge is 2.31. The van der Waals surface area contributed by atoms with Gasteiger partial charge < -0.3 is 15.0 Å². The van der Waals surface area contributed by atoms with Crippen LogP contribution in [0.5, 0.6) is 0 Å². The molecule has 0 spiro atoms. The third-order valence-corrected chi connectivity index (χ3v) is 10.5. The molecule has 3 aromatic rings. The van der Waals surface area contributed by atoms with E-state index in [9.17, 15) is 18.0 Å². The van der Waals surface area contributed by atoms with Crippen LogP contribution in [0.25, 0.3) is 0 Å². The van der Waals surface area contributed by atoms with E-state index in [1.807, 2.05) is 42.5 Å². The molecule has 8 nitrogen and oxygen atoms in total. The first-order valence-electron chi connectivity index (χ1n) is 15.4. The first-order chi connectivity index (χ1) is 21.3. The van der Waals surface area contributed by atoms with Crippen molar-refractivity contribution in [3.63, 3.8) is 0 Å². The Labute approximate surface area is 265 Å². The van der Waals surface area contributed by atoms with E-state index < -0.39 is 16.1 Å². The maximum absolute atomic E-state index is 14.0. The van der Waals surface area contributed by atoms with Crippen molar-refractivity contribution in [3.05, 3.63) is 101 Å². The number of aryl methyl sites for hydroxylation is 1. The van der Waals surface area contributed by atoms with E-state index in [1.165, 1.54) is 4.31 Å². The Hall–Kier alpha value is -3.24. The molecule has 3 aromatic carbocycles. The second-order valence-corrected chi connectivity index (χ2v) is 13.9. The van der Waals surface area contributed by atoms with Crippen molar-refractivity contribution in [2.75, 3.05) is 26.2 Å². The van der Waals surface area contributed by atoms with Crippen LogP contribution >= 0.6 is 11.6 Å². The summed E-state index contributed by atoms with van der Waals surface area (Å²) in [7, 11) is -3.50. The number of nitrogens with zero attached hydrogens (tertiary/aromatic N) is 2. The molecule has 0 radical (unpaired) electrons. The van der Waals surface area contributed by atoms with Crippen LogP contribution in [0.3, 0.4) is 0 Å². The Morgan fingerprint density at radius 2 is 1.59 bits per heavy atom. The quantitative estimate of drug-likeness (QED) is 0.285. The van der Waals surface area contributed by atoms with Crippen LogP contribution in [-0.2, 0) is 43.7 Å². The molecule has 2 amide bonds. The highest BCUT2D eigenvalue weighted by atomic mass is 35.5. The summed E-state index contributed by atoms with van der Waals surface area (Å²) in [5, 5.41) is 3.65. The molecule has 0 saturated carbocycles. The summed E-state index contributed by atoms with van der Waals surface area (Å²) in [6.45, 7) is 2.44. The Kier molecular flexibility index (Phi) is 11.1.